The Morgan fingerprint density at radius 3 is 2.41 bits per heavy atom. The molecule has 3 aromatic carbocycles. The number of amides is 2. The second kappa shape index (κ2) is 11.8. The first-order valence-electron chi connectivity index (χ1n) is 13.2. The van der Waals surface area contributed by atoms with E-state index in [2.05, 4.69) is 10.2 Å². The van der Waals surface area contributed by atoms with Crippen LogP contribution in [-0.2, 0) is 19.6 Å². The van der Waals surface area contributed by atoms with Crippen LogP contribution in [0.2, 0.25) is 0 Å². The van der Waals surface area contributed by atoms with E-state index in [4.69, 9.17) is 4.74 Å². The van der Waals surface area contributed by atoms with Gasteiger partial charge in [0.1, 0.15) is 23.9 Å². The molecule has 0 saturated carbocycles. The smallest absolute Gasteiger partial charge is 0.258 e. The van der Waals surface area contributed by atoms with E-state index in [-0.39, 0.29) is 22.6 Å². The predicted octanol–water partition coefficient (Wildman–Crippen LogP) is 2.81. The summed E-state index contributed by atoms with van der Waals surface area (Å²) in [5, 5.41) is 24.3. The molecule has 0 aromatic heterocycles. The standard InChI is InChI=1S/C30H34N4O5/c1-32(18-21-5-3-2-4-6-21)29(37)25-16-26(28(36)17-27(25)35)30(38)34-19-22-7-8-24(15-23(22)20-34)39-14-13-33-11-9-31-10-12-33/h2-8,15-17,31,35-36H,9-14,18-20H2,1H3. The maximum atomic E-state index is 13.4. The molecule has 2 amide bonds. The van der Waals surface area contributed by atoms with Gasteiger partial charge in [-0.1, -0.05) is 36.4 Å². The number of hydrogen-bond acceptors (Lipinski definition) is 7. The minimum atomic E-state index is -0.447. The van der Waals surface area contributed by atoms with Crippen LogP contribution in [0.15, 0.2) is 60.7 Å². The van der Waals surface area contributed by atoms with Crippen LogP contribution in [0.5, 0.6) is 17.2 Å². The molecule has 0 atom stereocenters. The molecular weight excluding hydrogens is 496 g/mol. The van der Waals surface area contributed by atoms with E-state index in [1.54, 1.807) is 11.9 Å². The van der Waals surface area contributed by atoms with Crippen LogP contribution in [0.3, 0.4) is 0 Å². The minimum absolute atomic E-state index is 0.0236. The molecule has 5 rings (SSSR count). The van der Waals surface area contributed by atoms with E-state index < -0.39 is 11.8 Å². The van der Waals surface area contributed by atoms with Gasteiger partial charge < -0.3 is 30.1 Å². The van der Waals surface area contributed by atoms with Gasteiger partial charge >= 0.3 is 0 Å². The molecule has 2 heterocycles. The number of nitrogens with one attached hydrogen (secondary N) is 1. The summed E-state index contributed by atoms with van der Waals surface area (Å²) in [6.45, 7) is 6.58. The van der Waals surface area contributed by atoms with Gasteiger partial charge in [0.25, 0.3) is 11.8 Å². The largest absolute Gasteiger partial charge is 0.507 e. The SMILES string of the molecule is CN(Cc1ccccc1)C(=O)c1cc(C(=O)N2Cc3ccc(OCCN4CCNCC4)cc3C2)c(O)cc1O. The van der Waals surface area contributed by atoms with Crippen LogP contribution in [0.4, 0.5) is 0 Å². The summed E-state index contributed by atoms with van der Waals surface area (Å²) in [4.78, 5) is 32.0. The summed E-state index contributed by atoms with van der Waals surface area (Å²) in [5.74, 6) is -0.837. The van der Waals surface area contributed by atoms with Crippen LogP contribution in [0.1, 0.15) is 37.4 Å². The second-order valence-corrected chi connectivity index (χ2v) is 10.1. The highest BCUT2D eigenvalue weighted by molar-refractivity contribution is 6.03. The monoisotopic (exact) mass is 530 g/mol. The van der Waals surface area contributed by atoms with Crippen molar-refractivity contribution in [3.8, 4) is 17.2 Å². The summed E-state index contributed by atoms with van der Waals surface area (Å²) in [5.41, 5.74) is 2.87. The van der Waals surface area contributed by atoms with Gasteiger partial charge in [0.2, 0.25) is 0 Å². The number of benzene rings is 3. The Morgan fingerprint density at radius 2 is 1.64 bits per heavy atom. The van der Waals surface area contributed by atoms with E-state index in [0.29, 0.717) is 26.2 Å². The van der Waals surface area contributed by atoms with Gasteiger partial charge in [-0.05, 0) is 34.9 Å². The number of nitrogens with zero attached hydrogens (tertiary/aromatic N) is 3. The molecule has 0 bridgehead atoms. The van der Waals surface area contributed by atoms with Crippen LogP contribution in [0.25, 0.3) is 0 Å². The zero-order valence-corrected chi connectivity index (χ0v) is 22.1. The number of carbonyl (C=O) groups is 2. The molecule has 39 heavy (non-hydrogen) atoms. The first-order chi connectivity index (χ1) is 18.9. The summed E-state index contributed by atoms with van der Waals surface area (Å²) in [6, 6.07) is 17.7. The van der Waals surface area contributed by atoms with Gasteiger partial charge in [0.05, 0.1) is 11.1 Å². The summed E-state index contributed by atoms with van der Waals surface area (Å²) in [6.07, 6.45) is 0. The summed E-state index contributed by atoms with van der Waals surface area (Å²) in [7, 11) is 1.63. The van der Waals surface area contributed by atoms with Gasteiger partial charge in [-0.25, -0.2) is 0 Å². The highest BCUT2D eigenvalue weighted by atomic mass is 16.5. The topological polar surface area (TPSA) is 106 Å². The average molecular weight is 531 g/mol. The van der Waals surface area contributed by atoms with Crippen molar-refractivity contribution in [1.82, 2.24) is 20.0 Å². The number of fused-ring (bicyclic) bond motifs is 1. The number of aromatic hydroxyl groups is 2. The lowest BCUT2D eigenvalue weighted by Crippen LogP contribution is -2.44. The number of ether oxygens (including phenoxy) is 1. The highest BCUT2D eigenvalue weighted by Gasteiger charge is 2.29. The number of phenols is 2. The third-order valence-electron chi connectivity index (χ3n) is 7.26. The van der Waals surface area contributed by atoms with Crippen LogP contribution < -0.4 is 10.1 Å². The molecule has 0 spiro atoms. The zero-order chi connectivity index (χ0) is 27.4. The van der Waals surface area contributed by atoms with Crippen LogP contribution in [0, 0.1) is 0 Å². The molecule has 2 aliphatic heterocycles. The van der Waals surface area contributed by atoms with Gasteiger partial charge in [-0.3, -0.25) is 14.5 Å². The Bertz CT molecular complexity index is 1340. The predicted molar refractivity (Wildman–Crippen MR) is 147 cm³/mol. The minimum Gasteiger partial charge on any atom is -0.507 e. The quantitative estimate of drug-likeness (QED) is 0.411. The lowest BCUT2D eigenvalue weighted by Gasteiger charge is -2.26. The average Bonchev–Trinajstić information content (AvgIpc) is 3.37. The molecular formula is C30H34N4O5. The number of phenolic OH excluding ortho intramolecular Hbond substituents is 2. The zero-order valence-electron chi connectivity index (χ0n) is 22.1. The van der Waals surface area contributed by atoms with E-state index >= 15 is 0 Å². The van der Waals surface area contributed by atoms with Crippen molar-refractivity contribution in [2.24, 2.45) is 0 Å². The molecule has 0 aliphatic carbocycles. The van der Waals surface area contributed by atoms with Gasteiger partial charge in [0, 0.05) is 65.5 Å². The molecule has 204 valence electrons. The molecule has 3 aromatic rings. The molecule has 1 saturated heterocycles. The van der Waals surface area contributed by atoms with E-state index in [1.165, 1.54) is 11.0 Å². The lowest BCUT2D eigenvalue weighted by atomic mass is 10.1. The van der Waals surface area contributed by atoms with E-state index in [1.807, 2.05) is 48.5 Å². The van der Waals surface area contributed by atoms with Crippen molar-refractivity contribution in [1.29, 1.82) is 0 Å². The molecule has 0 radical (unpaired) electrons. The van der Waals surface area contributed by atoms with Gasteiger partial charge in [0.15, 0.2) is 0 Å². The third kappa shape index (κ3) is 6.16. The lowest BCUT2D eigenvalue weighted by molar-refractivity contribution is 0.0748. The van der Waals surface area contributed by atoms with Crippen molar-refractivity contribution in [3.63, 3.8) is 0 Å². The number of carbonyl (C=O) groups excluding carboxylic acids is 2. The molecule has 2 aliphatic rings. The van der Waals surface area contributed by atoms with Gasteiger partial charge in [-0.2, -0.15) is 0 Å². The Morgan fingerprint density at radius 1 is 0.923 bits per heavy atom. The number of piperazine rings is 1. The van der Waals surface area contributed by atoms with Crippen molar-refractivity contribution >= 4 is 11.8 Å². The Balaban J connectivity index is 1.24. The molecule has 9 nitrogen and oxygen atoms in total. The van der Waals surface area contributed by atoms with Crippen LogP contribution in [-0.4, -0.2) is 83.1 Å². The normalized spacial score (nSPS) is 15.2. The van der Waals surface area contributed by atoms with E-state index in [0.717, 1.165) is 61.2 Å². The van der Waals surface area contributed by atoms with E-state index in [9.17, 15) is 19.8 Å². The fourth-order valence-electron chi connectivity index (χ4n) is 5.06. The molecule has 0 unspecified atom stereocenters. The molecule has 3 N–H and O–H groups in total. The molecule has 1 fully saturated rings. The van der Waals surface area contributed by atoms with Crippen molar-refractivity contribution < 1.29 is 24.5 Å². The Hall–Kier alpha value is -4.08. The molecule has 9 heteroatoms. The Kier molecular flexibility index (Phi) is 7.99. The number of rotatable bonds is 8. The maximum absolute atomic E-state index is 13.4. The summed E-state index contributed by atoms with van der Waals surface area (Å²) < 4.78 is 5.98. The van der Waals surface area contributed by atoms with Crippen LogP contribution >= 0.6 is 0 Å². The highest BCUT2D eigenvalue weighted by Crippen LogP contribution is 2.33. The first kappa shape index (κ1) is 26.5. The van der Waals surface area contributed by atoms with Gasteiger partial charge in [-0.15, -0.1) is 0 Å². The number of hydrogen-bond donors (Lipinski definition) is 3. The summed E-state index contributed by atoms with van der Waals surface area (Å²) >= 11 is 0. The van der Waals surface area contributed by atoms with Crippen molar-refractivity contribution in [3.05, 3.63) is 88.5 Å². The second-order valence-electron chi connectivity index (χ2n) is 10.1. The van der Waals surface area contributed by atoms with Crippen molar-refractivity contribution in [2.75, 3.05) is 46.4 Å². The fraction of sp³-hybridized carbons (Fsp3) is 0.333. The first-order valence-corrected chi connectivity index (χ1v) is 13.2. The van der Waals surface area contributed by atoms with Crippen molar-refractivity contribution in [2.45, 2.75) is 19.6 Å². The third-order valence-corrected chi connectivity index (χ3v) is 7.26. The fourth-order valence-corrected chi connectivity index (χ4v) is 5.06. The Labute approximate surface area is 228 Å². The maximum Gasteiger partial charge on any atom is 0.258 e.